The summed E-state index contributed by atoms with van der Waals surface area (Å²) in [6.07, 6.45) is -3.69. The fraction of sp³-hybridized carbons (Fsp3) is 0.0833. The summed E-state index contributed by atoms with van der Waals surface area (Å²) in [7, 11) is 0. The molecule has 0 saturated carbocycles. The highest BCUT2D eigenvalue weighted by Gasteiger charge is 2.43. The molecule has 1 aliphatic rings. The van der Waals surface area contributed by atoms with Gasteiger partial charge < -0.3 is 14.5 Å². The fourth-order valence-electron chi connectivity index (χ4n) is 1.86. The summed E-state index contributed by atoms with van der Waals surface area (Å²) in [5, 5.41) is 3.62. The quantitative estimate of drug-likeness (QED) is 0.459. The smallest absolute Gasteiger partial charge is 0.395 e. The highest BCUT2D eigenvalue weighted by atomic mass is 32.1. The number of thiol groups is 1. The summed E-state index contributed by atoms with van der Waals surface area (Å²) in [6, 6.07) is 2.58. The molecule has 0 bridgehead atoms. The van der Waals surface area contributed by atoms with Gasteiger partial charge in [-0.25, -0.2) is 4.98 Å². The molecule has 1 amide bonds. The molecule has 2 aromatic rings. The topological polar surface area (TPSA) is 88.6 Å². The predicted octanol–water partition coefficient (Wildman–Crippen LogP) is 2.29. The average molecular weight is 326 g/mol. The number of rotatable bonds is 3. The molecule has 10 heteroatoms. The fourth-order valence-corrected chi connectivity index (χ4v) is 2.06. The Morgan fingerprint density at radius 3 is 2.77 bits per heavy atom. The number of aromatic nitrogens is 2. The molecule has 22 heavy (non-hydrogen) atoms. The van der Waals surface area contributed by atoms with E-state index in [0.717, 1.165) is 0 Å². The van der Waals surface area contributed by atoms with Gasteiger partial charge in [-0.15, -0.1) is 21.4 Å². The molecule has 0 saturated heterocycles. The van der Waals surface area contributed by atoms with Crippen molar-refractivity contribution in [2.45, 2.75) is 6.29 Å². The number of nitrogens with zero attached hydrogens (tertiary/aromatic N) is 2. The van der Waals surface area contributed by atoms with Crippen LogP contribution in [0.25, 0.3) is 11.0 Å². The van der Waals surface area contributed by atoms with Gasteiger partial charge in [0.1, 0.15) is 5.70 Å². The summed E-state index contributed by atoms with van der Waals surface area (Å²) in [5.74, 6) is -0.726. The molecule has 3 rings (SSSR count). The minimum Gasteiger partial charge on any atom is -0.395 e. The molecule has 0 aliphatic carbocycles. The molecule has 2 heterocycles. The van der Waals surface area contributed by atoms with E-state index in [9.17, 15) is 13.6 Å². The van der Waals surface area contributed by atoms with Gasteiger partial charge in [-0.3, -0.25) is 15.1 Å². The van der Waals surface area contributed by atoms with Gasteiger partial charge in [-0.05, 0) is 12.1 Å². The van der Waals surface area contributed by atoms with Crippen molar-refractivity contribution in [3.63, 3.8) is 0 Å². The van der Waals surface area contributed by atoms with Crippen molar-refractivity contribution in [3.05, 3.63) is 23.2 Å². The zero-order valence-electron chi connectivity index (χ0n) is 10.8. The SMILES string of the molecule is C=N/C(=C\S)C(=O)Nc1nc2cc3c(cc2[nH]1)OC(F)(F)O3. The van der Waals surface area contributed by atoms with E-state index < -0.39 is 12.2 Å². The largest absolute Gasteiger partial charge is 0.586 e. The van der Waals surface area contributed by atoms with Crippen LogP contribution in [0.1, 0.15) is 0 Å². The van der Waals surface area contributed by atoms with Crippen molar-refractivity contribution in [1.29, 1.82) is 0 Å². The first-order valence-corrected chi connectivity index (χ1v) is 6.35. The lowest BCUT2D eigenvalue weighted by molar-refractivity contribution is -0.286. The van der Waals surface area contributed by atoms with Crippen LogP contribution in [0.4, 0.5) is 14.7 Å². The van der Waals surface area contributed by atoms with Crippen LogP contribution >= 0.6 is 12.6 Å². The van der Waals surface area contributed by atoms with E-state index in [2.05, 4.69) is 49.1 Å². The third kappa shape index (κ3) is 2.48. The van der Waals surface area contributed by atoms with Crippen LogP contribution in [0.3, 0.4) is 0 Å². The van der Waals surface area contributed by atoms with Crippen molar-refractivity contribution in [2.24, 2.45) is 4.99 Å². The van der Waals surface area contributed by atoms with Gasteiger partial charge in [-0.1, -0.05) is 0 Å². The van der Waals surface area contributed by atoms with E-state index in [-0.39, 0.29) is 23.1 Å². The van der Waals surface area contributed by atoms with Crippen LogP contribution in [-0.4, -0.2) is 28.9 Å². The maximum atomic E-state index is 13.0. The Hall–Kier alpha value is -2.62. The molecule has 1 aromatic heterocycles. The van der Waals surface area contributed by atoms with Crippen molar-refractivity contribution in [1.82, 2.24) is 9.97 Å². The third-order valence-corrected chi connectivity index (χ3v) is 3.01. The van der Waals surface area contributed by atoms with Crippen LogP contribution < -0.4 is 14.8 Å². The summed E-state index contributed by atoms with van der Waals surface area (Å²) in [5.41, 5.74) is 0.703. The first-order valence-electron chi connectivity index (χ1n) is 5.84. The number of aliphatic imine (C=N–C) groups is 1. The number of halogens is 2. The number of benzene rings is 1. The molecular formula is C12H8F2N4O3S. The number of aromatic amines is 1. The first kappa shape index (κ1) is 14.3. The number of hydrogen-bond acceptors (Lipinski definition) is 6. The molecule has 1 aromatic carbocycles. The van der Waals surface area contributed by atoms with Crippen molar-refractivity contribution in [2.75, 3.05) is 5.32 Å². The molecule has 0 spiro atoms. The third-order valence-electron chi connectivity index (χ3n) is 2.76. The number of carbonyl (C=O) groups is 1. The van der Waals surface area contributed by atoms with E-state index in [4.69, 9.17) is 0 Å². The molecule has 2 N–H and O–H groups in total. The second kappa shape index (κ2) is 4.98. The van der Waals surface area contributed by atoms with Gasteiger partial charge in [-0.2, -0.15) is 0 Å². The number of carbonyl (C=O) groups excluding carboxylic acids is 1. The number of hydrogen-bond donors (Lipinski definition) is 3. The zero-order chi connectivity index (χ0) is 15.9. The average Bonchev–Trinajstić information content (AvgIpc) is 2.93. The van der Waals surface area contributed by atoms with Crippen LogP contribution in [0.15, 0.2) is 28.2 Å². The Bertz CT molecular complexity index is 773. The summed E-state index contributed by atoms with van der Waals surface area (Å²) in [6.45, 7) is 3.23. The normalized spacial score (nSPS) is 15.9. The molecule has 0 atom stereocenters. The van der Waals surface area contributed by atoms with Gasteiger partial charge in [0.2, 0.25) is 5.95 Å². The molecule has 114 valence electrons. The Kier molecular flexibility index (Phi) is 3.24. The van der Waals surface area contributed by atoms with Crippen molar-refractivity contribution < 1.29 is 23.0 Å². The van der Waals surface area contributed by atoms with E-state index in [1.165, 1.54) is 17.5 Å². The standard InChI is InChI=1S/C12H8F2N4O3S/c1-15-7(4-22)10(19)18-11-16-5-2-8-9(3-6(5)17-11)21-12(13,14)20-8/h2-4,22H,1H2,(H2,16,17,18,19)/b7-4-. The number of anilines is 1. The Morgan fingerprint density at radius 1 is 1.45 bits per heavy atom. The van der Waals surface area contributed by atoms with Crippen LogP contribution in [0.2, 0.25) is 0 Å². The van der Waals surface area contributed by atoms with E-state index in [1.807, 2.05) is 0 Å². The molecule has 0 radical (unpaired) electrons. The van der Waals surface area contributed by atoms with Gasteiger partial charge in [0.15, 0.2) is 11.5 Å². The Labute approximate surface area is 127 Å². The van der Waals surface area contributed by atoms with E-state index in [0.29, 0.717) is 11.0 Å². The molecule has 1 aliphatic heterocycles. The van der Waals surface area contributed by atoms with Crippen LogP contribution in [-0.2, 0) is 4.79 Å². The van der Waals surface area contributed by atoms with E-state index in [1.54, 1.807) is 0 Å². The second-order valence-corrected chi connectivity index (χ2v) is 4.45. The molecule has 7 nitrogen and oxygen atoms in total. The Balaban J connectivity index is 1.90. The minimum absolute atomic E-state index is 0.00223. The molecule has 0 unspecified atom stereocenters. The lowest BCUT2D eigenvalue weighted by atomic mass is 10.3. The number of ether oxygens (including phenoxy) is 2. The lowest BCUT2D eigenvalue weighted by Gasteiger charge is -2.04. The second-order valence-electron chi connectivity index (χ2n) is 4.20. The van der Waals surface area contributed by atoms with Crippen molar-refractivity contribution >= 4 is 42.2 Å². The van der Waals surface area contributed by atoms with Gasteiger partial charge >= 0.3 is 6.29 Å². The van der Waals surface area contributed by atoms with Gasteiger partial charge in [0, 0.05) is 12.1 Å². The maximum Gasteiger partial charge on any atom is 0.586 e. The number of alkyl halides is 2. The maximum absolute atomic E-state index is 13.0. The number of H-pyrrole nitrogens is 1. The summed E-state index contributed by atoms with van der Waals surface area (Å²) < 4.78 is 34.6. The monoisotopic (exact) mass is 326 g/mol. The summed E-state index contributed by atoms with van der Waals surface area (Å²) in [4.78, 5) is 22.0. The van der Waals surface area contributed by atoms with Crippen LogP contribution in [0, 0.1) is 0 Å². The summed E-state index contributed by atoms with van der Waals surface area (Å²) >= 11 is 3.82. The number of amides is 1. The predicted molar refractivity (Wildman–Crippen MR) is 77.5 cm³/mol. The van der Waals surface area contributed by atoms with Gasteiger partial charge in [0.05, 0.1) is 11.0 Å². The lowest BCUT2D eigenvalue weighted by Crippen LogP contribution is -2.25. The number of fused-ring (bicyclic) bond motifs is 2. The van der Waals surface area contributed by atoms with Crippen molar-refractivity contribution in [3.8, 4) is 11.5 Å². The minimum atomic E-state index is -3.69. The Morgan fingerprint density at radius 2 is 2.14 bits per heavy atom. The zero-order valence-corrected chi connectivity index (χ0v) is 11.7. The highest BCUT2D eigenvalue weighted by molar-refractivity contribution is 7.83. The first-order chi connectivity index (χ1) is 10.4. The highest BCUT2D eigenvalue weighted by Crippen LogP contribution is 2.42. The molecule has 0 fully saturated rings. The molecular weight excluding hydrogens is 318 g/mol. The number of nitrogens with one attached hydrogen (secondary N) is 2. The van der Waals surface area contributed by atoms with Crippen LogP contribution in [0.5, 0.6) is 11.5 Å². The number of imidazole rings is 1. The van der Waals surface area contributed by atoms with E-state index >= 15 is 0 Å². The van der Waals surface area contributed by atoms with Gasteiger partial charge in [0.25, 0.3) is 5.91 Å².